The highest BCUT2D eigenvalue weighted by Crippen LogP contribution is 2.54. The van der Waals surface area contributed by atoms with Crippen LogP contribution in [0.25, 0.3) is 0 Å². The lowest BCUT2D eigenvalue weighted by molar-refractivity contribution is 0.402. The van der Waals surface area contributed by atoms with E-state index in [1.165, 1.54) is 36.4 Å². The molecule has 3 aromatic rings. The number of halogens is 4. The highest BCUT2D eigenvalue weighted by molar-refractivity contribution is 7.87. The zero-order chi connectivity index (χ0) is 21.6. The summed E-state index contributed by atoms with van der Waals surface area (Å²) in [5.74, 6) is -1.50. The minimum atomic E-state index is -5.10. The van der Waals surface area contributed by atoms with Gasteiger partial charge in [-0.05, 0) is 18.2 Å². The quantitative estimate of drug-likeness (QED) is 0.239. The molecule has 0 fully saturated rings. The zero-order valence-electron chi connectivity index (χ0n) is 14.3. The molecule has 0 radical (unpaired) electrons. The summed E-state index contributed by atoms with van der Waals surface area (Å²) in [5, 5.41) is 19.1. The van der Waals surface area contributed by atoms with E-state index in [9.17, 15) is 23.2 Å². The van der Waals surface area contributed by atoms with Gasteiger partial charge in [-0.2, -0.15) is 8.42 Å². The maximum absolute atomic E-state index is 13.0. The van der Waals surface area contributed by atoms with Crippen molar-refractivity contribution in [3.05, 3.63) is 91.4 Å². The molecule has 3 rings (SSSR count). The average Bonchev–Trinajstić information content (AvgIpc) is 2.66. The van der Waals surface area contributed by atoms with Crippen molar-refractivity contribution in [3.8, 4) is 11.5 Å². The van der Waals surface area contributed by atoms with Crippen molar-refractivity contribution in [3.63, 3.8) is 0 Å². The summed E-state index contributed by atoms with van der Waals surface area (Å²) in [5.41, 5.74) is -0.510. The molecule has 5 nitrogen and oxygen atoms in total. The van der Waals surface area contributed by atoms with Gasteiger partial charge in [0, 0.05) is 26.7 Å². The lowest BCUT2D eigenvalue weighted by atomic mass is 9.83. The summed E-state index contributed by atoms with van der Waals surface area (Å²) in [6.45, 7) is 0. The van der Waals surface area contributed by atoms with E-state index in [1.807, 2.05) is 0 Å². The van der Waals surface area contributed by atoms with E-state index in [2.05, 4.69) is 0 Å². The first-order chi connectivity index (χ1) is 13.5. The number of hydrogen-bond donors (Lipinski definition) is 3. The van der Waals surface area contributed by atoms with E-state index < -0.39 is 36.4 Å². The Hall–Kier alpha value is -1.67. The third-order valence-electron chi connectivity index (χ3n) is 4.43. The van der Waals surface area contributed by atoms with Crippen LogP contribution in [0, 0.1) is 0 Å². The van der Waals surface area contributed by atoms with Crippen molar-refractivity contribution in [2.24, 2.45) is 0 Å². The van der Waals surface area contributed by atoms with Crippen LogP contribution in [0.1, 0.15) is 16.7 Å². The predicted octanol–water partition coefficient (Wildman–Crippen LogP) is 5.89. The Kier molecular flexibility index (Phi) is 5.98. The van der Waals surface area contributed by atoms with Gasteiger partial charge >= 0.3 is 0 Å². The van der Waals surface area contributed by atoms with Crippen molar-refractivity contribution in [2.75, 3.05) is 0 Å². The summed E-state index contributed by atoms with van der Waals surface area (Å²) in [4.78, 5) is 0. The smallest absolute Gasteiger partial charge is 0.283 e. The number of rotatable bonds is 4. The molecule has 0 spiro atoms. The molecule has 0 amide bonds. The molecule has 0 saturated heterocycles. The Balaban J connectivity index is 2.67. The topological polar surface area (TPSA) is 94.8 Å². The van der Waals surface area contributed by atoms with Gasteiger partial charge < -0.3 is 10.2 Å². The molecule has 152 valence electrons. The fourth-order valence-electron chi connectivity index (χ4n) is 3.20. The summed E-state index contributed by atoms with van der Waals surface area (Å²) < 4.78 is 34.1. The van der Waals surface area contributed by atoms with Gasteiger partial charge in [-0.1, -0.05) is 82.8 Å². The number of phenolic OH excluding ortho intramolecular Hbond substituents is 2. The van der Waals surface area contributed by atoms with Crippen LogP contribution in [0.4, 0.5) is 0 Å². The van der Waals surface area contributed by atoms with Crippen LogP contribution < -0.4 is 0 Å². The van der Waals surface area contributed by atoms with Crippen molar-refractivity contribution >= 4 is 56.5 Å². The van der Waals surface area contributed by atoms with Gasteiger partial charge in [-0.3, -0.25) is 4.55 Å². The molecular formula is C19H12Cl4O5S. The van der Waals surface area contributed by atoms with Gasteiger partial charge in [-0.25, -0.2) is 0 Å². The highest BCUT2D eigenvalue weighted by Gasteiger charge is 2.52. The largest absolute Gasteiger partial charge is 0.504 e. The summed E-state index contributed by atoms with van der Waals surface area (Å²) in [7, 11) is -5.10. The van der Waals surface area contributed by atoms with Gasteiger partial charge in [0.05, 0.1) is 5.02 Å². The van der Waals surface area contributed by atoms with E-state index >= 15 is 0 Å². The molecule has 0 aliphatic carbocycles. The Morgan fingerprint density at radius 3 is 1.59 bits per heavy atom. The van der Waals surface area contributed by atoms with Crippen molar-refractivity contribution < 1.29 is 23.2 Å². The first-order valence-corrected chi connectivity index (χ1v) is 10.9. The molecule has 29 heavy (non-hydrogen) atoms. The fourth-order valence-corrected chi connectivity index (χ4v) is 5.76. The molecule has 0 saturated carbocycles. The first-order valence-electron chi connectivity index (χ1n) is 7.91. The summed E-state index contributed by atoms with van der Waals surface area (Å²) in [6, 6.07) is 12.6. The molecule has 3 aromatic carbocycles. The fraction of sp³-hybridized carbons (Fsp3) is 0.0526. The summed E-state index contributed by atoms with van der Waals surface area (Å²) in [6.07, 6.45) is 0. The van der Waals surface area contributed by atoms with E-state index in [1.54, 1.807) is 12.1 Å². The Morgan fingerprint density at radius 2 is 1.17 bits per heavy atom. The van der Waals surface area contributed by atoms with Crippen LogP contribution in [0.15, 0.2) is 54.6 Å². The van der Waals surface area contributed by atoms with Crippen LogP contribution in [-0.2, 0) is 14.9 Å². The molecule has 0 unspecified atom stereocenters. The number of aromatic hydroxyl groups is 2. The molecule has 0 aliphatic rings. The van der Waals surface area contributed by atoms with Crippen LogP contribution in [0.2, 0.25) is 20.1 Å². The second-order valence-corrected chi connectivity index (χ2v) is 9.17. The first kappa shape index (κ1) is 22.0. The second-order valence-electron chi connectivity index (χ2n) is 6.04. The monoisotopic (exact) mass is 492 g/mol. The Labute approximate surface area is 186 Å². The van der Waals surface area contributed by atoms with Crippen LogP contribution in [0.5, 0.6) is 11.5 Å². The van der Waals surface area contributed by atoms with Gasteiger partial charge in [0.1, 0.15) is 5.02 Å². The molecule has 0 heterocycles. The molecule has 3 N–H and O–H groups in total. The van der Waals surface area contributed by atoms with Crippen molar-refractivity contribution in [1.29, 1.82) is 0 Å². The zero-order valence-corrected chi connectivity index (χ0v) is 18.1. The van der Waals surface area contributed by atoms with Crippen molar-refractivity contribution in [1.82, 2.24) is 0 Å². The van der Waals surface area contributed by atoms with Crippen LogP contribution >= 0.6 is 46.4 Å². The van der Waals surface area contributed by atoms with Gasteiger partial charge in [0.25, 0.3) is 10.1 Å². The lowest BCUT2D eigenvalue weighted by Gasteiger charge is -2.34. The summed E-state index contributed by atoms with van der Waals surface area (Å²) >= 11 is 25.0. The standard InChI is InChI=1S/C19H12Cl4O5S/c20-13-7-3-1-5-10(13)19(29(26,27)28,11-6-2-4-8-14(11)21)12-9-15(24)18(25)17(23)16(12)22/h1-9,24-25H,(H,26,27,28). The van der Waals surface area contributed by atoms with Crippen LogP contribution in [-0.4, -0.2) is 23.2 Å². The minimum Gasteiger partial charge on any atom is -0.504 e. The second kappa shape index (κ2) is 7.87. The normalized spacial score (nSPS) is 12.2. The molecule has 0 bridgehead atoms. The van der Waals surface area contributed by atoms with E-state index in [0.29, 0.717) is 0 Å². The van der Waals surface area contributed by atoms with Crippen molar-refractivity contribution in [2.45, 2.75) is 4.75 Å². The van der Waals surface area contributed by atoms with E-state index in [-0.39, 0.29) is 26.7 Å². The Bertz CT molecular complexity index is 1170. The van der Waals surface area contributed by atoms with Gasteiger partial charge in [0.15, 0.2) is 16.2 Å². The van der Waals surface area contributed by atoms with Gasteiger partial charge in [-0.15, -0.1) is 0 Å². The van der Waals surface area contributed by atoms with E-state index in [0.717, 1.165) is 6.07 Å². The minimum absolute atomic E-state index is 0.0233. The third kappa shape index (κ3) is 3.44. The van der Waals surface area contributed by atoms with Gasteiger partial charge in [0.2, 0.25) is 0 Å². The lowest BCUT2D eigenvalue weighted by Crippen LogP contribution is -2.39. The molecule has 0 aromatic heterocycles. The number of hydrogen-bond acceptors (Lipinski definition) is 4. The molecule has 0 aliphatic heterocycles. The molecule has 0 atom stereocenters. The van der Waals surface area contributed by atoms with Crippen LogP contribution in [0.3, 0.4) is 0 Å². The SMILES string of the molecule is O=S(=O)(O)C(c1ccccc1Cl)(c1ccccc1Cl)c1cc(O)c(O)c(Cl)c1Cl. The third-order valence-corrected chi connectivity index (χ3v) is 7.38. The maximum Gasteiger partial charge on any atom is 0.283 e. The average molecular weight is 494 g/mol. The molecular weight excluding hydrogens is 482 g/mol. The number of benzene rings is 3. The Morgan fingerprint density at radius 1 is 0.724 bits per heavy atom. The number of phenols is 2. The molecule has 10 heteroatoms. The maximum atomic E-state index is 13.0. The highest BCUT2D eigenvalue weighted by atomic mass is 35.5. The van der Waals surface area contributed by atoms with E-state index in [4.69, 9.17) is 46.4 Å². The predicted molar refractivity (Wildman–Crippen MR) is 114 cm³/mol.